The molecule has 0 unspecified atom stereocenters. The average Bonchev–Trinajstić information content (AvgIpc) is 2.70. The van der Waals surface area contributed by atoms with E-state index in [9.17, 15) is 8.78 Å². The summed E-state index contributed by atoms with van der Waals surface area (Å²) in [6.07, 6.45) is 2.20. The monoisotopic (exact) mass is 258 g/mol. The van der Waals surface area contributed by atoms with E-state index in [4.69, 9.17) is 5.73 Å². The van der Waals surface area contributed by atoms with Gasteiger partial charge in [-0.05, 0) is 41.8 Å². The fourth-order valence-corrected chi connectivity index (χ4v) is 2.25. The zero-order valence-corrected chi connectivity index (χ0v) is 10.1. The molecule has 0 fully saturated rings. The van der Waals surface area contributed by atoms with Crippen LogP contribution in [-0.2, 0) is 6.42 Å². The predicted octanol–water partition coefficient (Wildman–Crippen LogP) is 3.62. The third-order valence-corrected chi connectivity index (χ3v) is 3.11. The highest BCUT2D eigenvalue weighted by Gasteiger charge is 2.05. The molecule has 0 saturated carbocycles. The first kappa shape index (κ1) is 11.7. The second kappa shape index (κ2) is 4.39. The molecule has 3 aromatic rings. The van der Waals surface area contributed by atoms with Gasteiger partial charge in [-0.25, -0.2) is 8.78 Å². The number of benzene rings is 2. The van der Waals surface area contributed by atoms with Crippen LogP contribution in [-0.4, -0.2) is 4.98 Å². The number of anilines is 1. The van der Waals surface area contributed by atoms with Crippen LogP contribution >= 0.6 is 0 Å². The van der Waals surface area contributed by atoms with E-state index < -0.39 is 11.6 Å². The Morgan fingerprint density at radius 3 is 2.42 bits per heavy atom. The molecule has 19 heavy (non-hydrogen) atoms. The summed E-state index contributed by atoms with van der Waals surface area (Å²) in [4.78, 5) is 3.05. The molecular weight excluding hydrogens is 246 g/mol. The Morgan fingerprint density at radius 1 is 0.947 bits per heavy atom. The number of nitrogen functional groups attached to an aromatic ring is 1. The van der Waals surface area contributed by atoms with Crippen LogP contribution in [0.5, 0.6) is 0 Å². The summed E-state index contributed by atoms with van der Waals surface area (Å²) in [5, 5.41) is 0.925. The maximum atomic E-state index is 13.1. The van der Waals surface area contributed by atoms with Gasteiger partial charge in [-0.15, -0.1) is 0 Å². The zero-order chi connectivity index (χ0) is 13.4. The van der Waals surface area contributed by atoms with Crippen LogP contribution in [0.3, 0.4) is 0 Å². The molecule has 0 aliphatic carbocycles. The van der Waals surface area contributed by atoms with Gasteiger partial charge in [0, 0.05) is 23.2 Å². The number of H-pyrrole nitrogens is 1. The van der Waals surface area contributed by atoms with Gasteiger partial charge in [-0.1, -0.05) is 6.07 Å². The molecule has 3 rings (SSSR count). The van der Waals surface area contributed by atoms with Crippen molar-refractivity contribution < 1.29 is 8.78 Å². The number of hydrogen-bond donors (Lipinski definition) is 2. The van der Waals surface area contributed by atoms with Crippen LogP contribution in [0.25, 0.3) is 10.9 Å². The Morgan fingerprint density at radius 2 is 1.68 bits per heavy atom. The summed E-state index contributed by atoms with van der Waals surface area (Å²) in [7, 11) is 0. The van der Waals surface area contributed by atoms with Crippen LogP contribution in [0.2, 0.25) is 0 Å². The Kier molecular flexibility index (Phi) is 2.71. The first-order chi connectivity index (χ1) is 9.11. The highest BCUT2D eigenvalue weighted by atomic mass is 19.1. The molecule has 1 heterocycles. The van der Waals surface area contributed by atoms with E-state index in [-0.39, 0.29) is 0 Å². The van der Waals surface area contributed by atoms with Gasteiger partial charge in [0.2, 0.25) is 0 Å². The SMILES string of the molecule is Nc1c[nH]c2ccc(Cc3cc(F)cc(F)c3)cc12. The first-order valence-corrected chi connectivity index (χ1v) is 5.92. The van der Waals surface area contributed by atoms with Crippen LogP contribution in [0.4, 0.5) is 14.5 Å². The van der Waals surface area contributed by atoms with E-state index in [1.54, 1.807) is 6.20 Å². The molecule has 96 valence electrons. The van der Waals surface area contributed by atoms with E-state index in [1.807, 2.05) is 18.2 Å². The van der Waals surface area contributed by atoms with Gasteiger partial charge in [0.25, 0.3) is 0 Å². The Labute approximate surface area is 108 Å². The summed E-state index contributed by atoms with van der Waals surface area (Å²) in [5.41, 5.74) is 9.02. The van der Waals surface area contributed by atoms with Gasteiger partial charge in [0.1, 0.15) is 11.6 Å². The number of aromatic nitrogens is 1. The first-order valence-electron chi connectivity index (χ1n) is 5.92. The molecule has 0 radical (unpaired) electrons. The smallest absolute Gasteiger partial charge is 0.126 e. The fraction of sp³-hybridized carbons (Fsp3) is 0.0667. The Bertz CT molecular complexity index is 727. The molecule has 0 atom stereocenters. The van der Waals surface area contributed by atoms with Crippen LogP contribution in [0, 0.1) is 11.6 Å². The maximum absolute atomic E-state index is 13.1. The second-order valence-electron chi connectivity index (χ2n) is 4.58. The van der Waals surface area contributed by atoms with Gasteiger partial charge >= 0.3 is 0 Å². The van der Waals surface area contributed by atoms with Crippen molar-refractivity contribution in [2.75, 3.05) is 5.73 Å². The third-order valence-electron chi connectivity index (χ3n) is 3.11. The molecule has 0 aliphatic heterocycles. The molecule has 0 amide bonds. The topological polar surface area (TPSA) is 41.8 Å². The van der Waals surface area contributed by atoms with E-state index >= 15 is 0 Å². The number of fused-ring (bicyclic) bond motifs is 1. The van der Waals surface area contributed by atoms with Gasteiger partial charge in [-0.2, -0.15) is 0 Å². The lowest BCUT2D eigenvalue weighted by Crippen LogP contribution is -1.91. The maximum Gasteiger partial charge on any atom is 0.126 e. The lowest BCUT2D eigenvalue weighted by Gasteiger charge is -2.04. The number of rotatable bonds is 2. The standard InChI is InChI=1S/C15H12F2N2/c16-11-4-10(5-12(17)7-11)3-9-1-2-15-13(6-9)14(18)8-19-15/h1-2,4-8,19H,3,18H2. The van der Waals surface area contributed by atoms with Crippen molar-refractivity contribution >= 4 is 16.6 Å². The van der Waals surface area contributed by atoms with Crippen LogP contribution < -0.4 is 5.73 Å². The molecule has 0 saturated heterocycles. The van der Waals surface area contributed by atoms with Crippen molar-refractivity contribution in [1.82, 2.24) is 4.98 Å². The van der Waals surface area contributed by atoms with Crippen LogP contribution in [0.15, 0.2) is 42.6 Å². The minimum atomic E-state index is -0.558. The van der Waals surface area contributed by atoms with E-state index in [1.165, 1.54) is 12.1 Å². The van der Waals surface area contributed by atoms with Gasteiger partial charge in [-0.3, -0.25) is 0 Å². The minimum Gasteiger partial charge on any atom is -0.397 e. The van der Waals surface area contributed by atoms with Crippen molar-refractivity contribution in [1.29, 1.82) is 0 Å². The summed E-state index contributed by atoms with van der Waals surface area (Å²) < 4.78 is 26.3. The summed E-state index contributed by atoms with van der Waals surface area (Å²) >= 11 is 0. The van der Waals surface area contributed by atoms with Crippen molar-refractivity contribution in [3.8, 4) is 0 Å². The van der Waals surface area contributed by atoms with Gasteiger partial charge < -0.3 is 10.7 Å². The van der Waals surface area contributed by atoms with Crippen molar-refractivity contribution in [2.24, 2.45) is 0 Å². The zero-order valence-electron chi connectivity index (χ0n) is 10.1. The third kappa shape index (κ3) is 2.29. The number of hydrogen-bond acceptors (Lipinski definition) is 1. The highest BCUT2D eigenvalue weighted by molar-refractivity contribution is 5.91. The van der Waals surface area contributed by atoms with Crippen molar-refractivity contribution in [2.45, 2.75) is 6.42 Å². The van der Waals surface area contributed by atoms with Crippen LogP contribution in [0.1, 0.15) is 11.1 Å². The Hall–Kier alpha value is -2.36. The largest absolute Gasteiger partial charge is 0.397 e. The predicted molar refractivity (Wildman–Crippen MR) is 71.9 cm³/mol. The molecule has 0 bridgehead atoms. The molecule has 0 spiro atoms. The molecule has 2 aromatic carbocycles. The minimum absolute atomic E-state index is 0.468. The van der Waals surface area contributed by atoms with Crippen molar-refractivity contribution in [3.05, 3.63) is 65.4 Å². The summed E-state index contributed by atoms with van der Waals surface area (Å²) in [6, 6.07) is 9.32. The molecule has 3 N–H and O–H groups in total. The summed E-state index contributed by atoms with van der Waals surface area (Å²) in [6.45, 7) is 0. The van der Waals surface area contributed by atoms with Crippen molar-refractivity contribution in [3.63, 3.8) is 0 Å². The van der Waals surface area contributed by atoms with Gasteiger partial charge in [0.15, 0.2) is 0 Å². The summed E-state index contributed by atoms with van der Waals surface area (Å²) in [5.74, 6) is -1.12. The molecule has 1 aromatic heterocycles. The van der Waals surface area contributed by atoms with E-state index in [0.29, 0.717) is 17.7 Å². The number of nitrogens with one attached hydrogen (secondary N) is 1. The second-order valence-corrected chi connectivity index (χ2v) is 4.58. The number of nitrogens with two attached hydrogens (primary N) is 1. The average molecular weight is 258 g/mol. The normalized spacial score (nSPS) is 11.1. The molecule has 4 heteroatoms. The van der Waals surface area contributed by atoms with E-state index in [0.717, 1.165) is 22.5 Å². The number of halogens is 2. The molecule has 2 nitrogen and oxygen atoms in total. The fourth-order valence-electron chi connectivity index (χ4n) is 2.25. The lowest BCUT2D eigenvalue weighted by atomic mass is 10.0. The van der Waals surface area contributed by atoms with Gasteiger partial charge in [0.05, 0.1) is 5.69 Å². The van der Waals surface area contributed by atoms with E-state index in [2.05, 4.69) is 4.98 Å². The number of aromatic amines is 1. The molecule has 0 aliphatic rings. The quantitative estimate of drug-likeness (QED) is 0.724. The molecular formula is C15H12F2N2. The highest BCUT2D eigenvalue weighted by Crippen LogP contribution is 2.23. The lowest BCUT2D eigenvalue weighted by molar-refractivity contribution is 0.580. The Balaban J connectivity index is 1.98.